The first-order valence-corrected chi connectivity index (χ1v) is 10.2. The van der Waals surface area contributed by atoms with Gasteiger partial charge in [0.15, 0.2) is 0 Å². The van der Waals surface area contributed by atoms with Gasteiger partial charge in [0, 0.05) is 37.6 Å². The Hall–Kier alpha value is -1.30. The Morgan fingerprint density at radius 3 is 2.28 bits per heavy atom. The molecular weight excluding hydrogens is 316 g/mol. The van der Waals surface area contributed by atoms with Crippen molar-refractivity contribution in [3.63, 3.8) is 0 Å². The Morgan fingerprint density at radius 1 is 0.920 bits per heavy atom. The van der Waals surface area contributed by atoms with Gasteiger partial charge in [-0.2, -0.15) is 0 Å². The lowest BCUT2D eigenvalue weighted by Crippen LogP contribution is -2.50. The normalized spacial score (nSPS) is 26.6. The average molecular weight is 351 g/mol. The maximum absolute atomic E-state index is 12.4. The third-order valence-electron chi connectivity index (χ3n) is 6.26. The van der Waals surface area contributed by atoms with Gasteiger partial charge in [0.25, 0.3) is 0 Å². The molecule has 2 N–H and O–H groups in total. The first kappa shape index (κ1) is 18.5. The van der Waals surface area contributed by atoms with Crippen LogP contribution in [0.25, 0.3) is 0 Å². The summed E-state index contributed by atoms with van der Waals surface area (Å²) >= 11 is 0. The van der Waals surface area contributed by atoms with Crippen molar-refractivity contribution in [2.24, 2.45) is 5.92 Å². The summed E-state index contributed by atoms with van der Waals surface area (Å²) in [5.74, 6) is 0.284. The highest BCUT2D eigenvalue weighted by Gasteiger charge is 2.29. The highest BCUT2D eigenvalue weighted by atomic mass is 16.2. The largest absolute Gasteiger partial charge is 0.353 e. The number of amides is 3. The number of carbonyl (C=O) groups is 2. The number of carbonyl (C=O) groups excluding carboxylic acids is 2. The van der Waals surface area contributed by atoms with Crippen molar-refractivity contribution in [1.82, 2.24) is 20.4 Å². The highest BCUT2D eigenvalue weighted by Crippen LogP contribution is 2.21. The molecular formula is C19H34N4O2. The standard InChI is InChI=1S/C19H34N4O2/c1-22-11-5-8-17(22)14-20-19(25)23-12-9-15(10-13-23)18(24)21-16-6-3-2-4-7-16/h15-17H,2-14H2,1H3,(H,20,25)(H,21,24). The summed E-state index contributed by atoms with van der Waals surface area (Å²) in [7, 11) is 2.13. The Kier molecular flexibility index (Phi) is 6.57. The minimum Gasteiger partial charge on any atom is -0.353 e. The lowest BCUT2D eigenvalue weighted by molar-refractivity contribution is -0.127. The third kappa shape index (κ3) is 5.09. The lowest BCUT2D eigenvalue weighted by atomic mass is 9.92. The molecule has 2 heterocycles. The summed E-state index contributed by atoms with van der Waals surface area (Å²) in [6, 6.07) is 0.889. The molecule has 0 aromatic carbocycles. The van der Waals surface area contributed by atoms with E-state index in [-0.39, 0.29) is 17.9 Å². The predicted octanol–water partition coefficient (Wildman–Crippen LogP) is 1.95. The zero-order chi connectivity index (χ0) is 17.6. The second-order valence-corrected chi connectivity index (χ2v) is 8.07. The van der Waals surface area contributed by atoms with E-state index in [1.54, 1.807) is 0 Å². The van der Waals surface area contributed by atoms with Crippen molar-refractivity contribution in [3.8, 4) is 0 Å². The molecule has 3 fully saturated rings. The van der Waals surface area contributed by atoms with Crippen molar-refractivity contribution < 1.29 is 9.59 Å². The van der Waals surface area contributed by atoms with Crippen LogP contribution in [0.4, 0.5) is 4.79 Å². The maximum atomic E-state index is 12.4. The highest BCUT2D eigenvalue weighted by molar-refractivity contribution is 5.80. The smallest absolute Gasteiger partial charge is 0.317 e. The van der Waals surface area contributed by atoms with Gasteiger partial charge in [0.05, 0.1) is 0 Å². The summed E-state index contributed by atoms with van der Waals surface area (Å²) in [6.45, 7) is 3.24. The summed E-state index contributed by atoms with van der Waals surface area (Å²) in [6.07, 6.45) is 9.99. The van der Waals surface area contributed by atoms with E-state index in [4.69, 9.17) is 0 Å². The molecule has 142 valence electrons. The molecule has 25 heavy (non-hydrogen) atoms. The van der Waals surface area contributed by atoms with Crippen LogP contribution < -0.4 is 10.6 Å². The molecule has 2 aliphatic heterocycles. The molecule has 0 aromatic heterocycles. The molecule has 6 heteroatoms. The van der Waals surface area contributed by atoms with Crippen LogP contribution in [0.1, 0.15) is 57.8 Å². The minimum atomic E-state index is 0.0337. The number of hydrogen-bond donors (Lipinski definition) is 2. The molecule has 0 aromatic rings. The monoisotopic (exact) mass is 350 g/mol. The molecule has 0 radical (unpaired) electrons. The van der Waals surface area contributed by atoms with Gasteiger partial charge in [-0.25, -0.2) is 4.79 Å². The Bertz CT molecular complexity index is 456. The number of nitrogens with zero attached hydrogens (tertiary/aromatic N) is 2. The van der Waals surface area contributed by atoms with Crippen LogP contribution in [0.3, 0.4) is 0 Å². The quantitative estimate of drug-likeness (QED) is 0.814. The summed E-state index contributed by atoms with van der Waals surface area (Å²) in [5.41, 5.74) is 0. The van der Waals surface area contributed by atoms with Crippen LogP contribution in [-0.2, 0) is 4.79 Å². The molecule has 1 saturated carbocycles. The number of rotatable bonds is 4. The van der Waals surface area contributed by atoms with Crippen LogP contribution in [0, 0.1) is 5.92 Å². The van der Waals surface area contributed by atoms with E-state index >= 15 is 0 Å². The molecule has 1 unspecified atom stereocenters. The van der Waals surface area contributed by atoms with E-state index in [0.29, 0.717) is 25.2 Å². The second-order valence-electron chi connectivity index (χ2n) is 8.07. The van der Waals surface area contributed by atoms with E-state index in [1.165, 1.54) is 32.1 Å². The van der Waals surface area contributed by atoms with Gasteiger partial charge in [0.1, 0.15) is 0 Å². The fraction of sp³-hybridized carbons (Fsp3) is 0.895. The fourth-order valence-corrected chi connectivity index (χ4v) is 4.46. The van der Waals surface area contributed by atoms with Crippen LogP contribution in [0.15, 0.2) is 0 Å². The summed E-state index contributed by atoms with van der Waals surface area (Å²) in [5, 5.41) is 6.32. The first-order valence-electron chi connectivity index (χ1n) is 10.2. The predicted molar refractivity (Wildman–Crippen MR) is 98.4 cm³/mol. The second kappa shape index (κ2) is 8.88. The van der Waals surface area contributed by atoms with Crippen molar-refractivity contribution >= 4 is 11.9 Å². The third-order valence-corrected chi connectivity index (χ3v) is 6.26. The van der Waals surface area contributed by atoms with Gasteiger partial charge in [-0.3, -0.25) is 4.79 Å². The molecule has 1 atom stereocenters. The van der Waals surface area contributed by atoms with E-state index in [2.05, 4.69) is 22.6 Å². The van der Waals surface area contributed by atoms with E-state index in [1.807, 2.05) is 4.90 Å². The van der Waals surface area contributed by atoms with Crippen molar-refractivity contribution in [2.45, 2.75) is 69.9 Å². The molecule has 3 amide bonds. The maximum Gasteiger partial charge on any atom is 0.317 e. The number of likely N-dealkylation sites (tertiary alicyclic amines) is 2. The van der Waals surface area contributed by atoms with Crippen LogP contribution in [0.5, 0.6) is 0 Å². The van der Waals surface area contributed by atoms with E-state index < -0.39 is 0 Å². The van der Waals surface area contributed by atoms with Gasteiger partial charge in [-0.1, -0.05) is 19.3 Å². The minimum absolute atomic E-state index is 0.0337. The SMILES string of the molecule is CN1CCCC1CNC(=O)N1CCC(C(=O)NC2CCCCC2)CC1. The first-order chi connectivity index (χ1) is 12.1. The molecule has 3 aliphatic rings. The fourth-order valence-electron chi connectivity index (χ4n) is 4.46. The van der Waals surface area contributed by atoms with Gasteiger partial charge in [-0.05, 0) is 52.1 Å². The van der Waals surface area contributed by atoms with Crippen LogP contribution in [0.2, 0.25) is 0 Å². The zero-order valence-electron chi connectivity index (χ0n) is 15.6. The Labute approximate surface area is 151 Å². The zero-order valence-corrected chi connectivity index (χ0v) is 15.6. The molecule has 0 bridgehead atoms. The van der Waals surface area contributed by atoms with Crippen LogP contribution in [-0.4, -0.2) is 67.0 Å². The van der Waals surface area contributed by atoms with Gasteiger partial charge in [-0.15, -0.1) is 0 Å². The topological polar surface area (TPSA) is 64.7 Å². The van der Waals surface area contributed by atoms with E-state index in [9.17, 15) is 9.59 Å². The lowest BCUT2D eigenvalue weighted by Gasteiger charge is -2.33. The molecule has 6 nitrogen and oxygen atoms in total. The number of hydrogen-bond acceptors (Lipinski definition) is 3. The van der Waals surface area contributed by atoms with Crippen molar-refractivity contribution in [3.05, 3.63) is 0 Å². The molecule has 1 aliphatic carbocycles. The number of likely N-dealkylation sites (N-methyl/N-ethyl adjacent to an activating group) is 1. The van der Waals surface area contributed by atoms with Gasteiger partial charge >= 0.3 is 6.03 Å². The van der Waals surface area contributed by atoms with E-state index in [0.717, 1.165) is 38.8 Å². The van der Waals surface area contributed by atoms with Gasteiger partial charge in [0.2, 0.25) is 5.91 Å². The van der Waals surface area contributed by atoms with Crippen molar-refractivity contribution in [2.75, 3.05) is 33.2 Å². The summed E-state index contributed by atoms with van der Waals surface area (Å²) < 4.78 is 0. The van der Waals surface area contributed by atoms with Gasteiger partial charge < -0.3 is 20.4 Å². The molecule has 2 saturated heterocycles. The Balaban J connectivity index is 1.35. The number of piperidine rings is 1. The number of urea groups is 1. The summed E-state index contributed by atoms with van der Waals surface area (Å²) in [4.78, 5) is 29.0. The molecule has 3 rings (SSSR count). The Morgan fingerprint density at radius 2 is 1.64 bits per heavy atom. The number of nitrogens with one attached hydrogen (secondary N) is 2. The molecule has 0 spiro atoms. The van der Waals surface area contributed by atoms with Crippen molar-refractivity contribution in [1.29, 1.82) is 0 Å². The average Bonchev–Trinajstić information content (AvgIpc) is 3.05. The van der Waals surface area contributed by atoms with Crippen LogP contribution >= 0.6 is 0 Å².